The number of rotatable bonds is 3. The Morgan fingerprint density at radius 1 is 1.21 bits per heavy atom. The van der Waals surface area contributed by atoms with Crippen molar-refractivity contribution in [1.82, 2.24) is 9.97 Å². The number of benzene rings is 1. The topological polar surface area (TPSA) is 64.9 Å². The molecule has 0 bridgehead atoms. The van der Waals surface area contributed by atoms with Crippen molar-refractivity contribution in [3.8, 4) is 0 Å². The second-order valence-electron chi connectivity index (χ2n) is 4.29. The molecular formula is C14H12FN3O. The Kier molecular flexibility index (Phi) is 2.87. The summed E-state index contributed by atoms with van der Waals surface area (Å²) >= 11 is 0. The molecule has 3 aromatic rings. The van der Waals surface area contributed by atoms with Gasteiger partial charge in [-0.05, 0) is 18.1 Å². The fourth-order valence-corrected chi connectivity index (χ4v) is 1.93. The van der Waals surface area contributed by atoms with Gasteiger partial charge in [-0.3, -0.25) is 0 Å². The molecule has 0 aliphatic heterocycles. The molecule has 2 aromatic heterocycles. The highest BCUT2D eigenvalue weighted by atomic mass is 19.1. The predicted molar refractivity (Wildman–Crippen MR) is 70.0 cm³/mol. The lowest BCUT2D eigenvalue weighted by Gasteiger charge is -1.99. The third-order valence-electron chi connectivity index (χ3n) is 2.88. The van der Waals surface area contributed by atoms with Crippen LogP contribution in [0.3, 0.4) is 0 Å². The summed E-state index contributed by atoms with van der Waals surface area (Å²) < 4.78 is 19.0. The standard InChI is InChI=1S/C14H12FN3O/c15-11-4-2-1-3-9(11)5-6-13-18-14-12(19-13)7-10(16)8-17-14/h1-4,7-8H,5-6,16H2. The van der Waals surface area contributed by atoms with Gasteiger partial charge in [-0.1, -0.05) is 18.2 Å². The maximum absolute atomic E-state index is 13.5. The summed E-state index contributed by atoms with van der Waals surface area (Å²) in [5.74, 6) is 0.331. The normalized spacial score (nSPS) is 11.0. The van der Waals surface area contributed by atoms with Gasteiger partial charge in [0.05, 0.1) is 11.9 Å². The van der Waals surface area contributed by atoms with Crippen LogP contribution in [-0.4, -0.2) is 9.97 Å². The van der Waals surface area contributed by atoms with Crippen LogP contribution in [0.4, 0.5) is 10.1 Å². The van der Waals surface area contributed by atoms with Crippen LogP contribution >= 0.6 is 0 Å². The smallest absolute Gasteiger partial charge is 0.198 e. The van der Waals surface area contributed by atoms with Gasteiger partial charge in [0.15, 0.2) is 17.1 Å². The van der Waals surface area contributed by atoms with Crippen molar-refractivity contribution in [1.29, 1.82) is 0 Å². The Balaban J connectivity index is 1.80. The maximum Gasteiger partial charge on any atom is 0.198 e. The molecule has 0 aliphatic rings. The minimum atomic E-state index is -0.207. The van der Waals surface area contributed by atoms with E-state index >= 15 is 0 Å². The molecule has 4 nitrogen and oxygen atoms in total. The van der Waals surface area contributed by atoms with E-state index in [0.29, 0.717) is 41.2 Å². The van der Waals surface area contributed by atoms with E-state index in [2.05, 4.69) is 9.97 Å². The fraction of sp³-hybridized carbons (Fsp3) is 0.143. The van der Waals surface area contributed by atoms with E-state index in [-0.39, 0.29) is 5.82 Å². The Morgan fingerprint density at radius 3 is 2.89 bits per heavy atom. The van der Waals surface area contributed by atoms with Crippen molar-refractivity contribution < 1.29 is 8.81 Å². The molecule has 0 amide bonds. The van der Waals surface area contributed by atoms with E-state index in [1.165, 1.54) is 12.3 Å². The summed E-state index contributed by atoms with van der Waals surface area (Å²) in [4.78, 5) is 8.31. The zero-order valence-corrected chi connectivity index (χ0v) is 10.1. The van der Waals surface area contributed by atoms with Gasteiger partial charge in [0.1, 0.15) is 5.82 Å². The first kappa shape index (κ1) is 11.6. The Labute approximate surface area is 109 Å². The third kappa shape index (κ3) is 2.40. The molecule has 0 spiro atoms. The molecule has 19 heavy (non-hydrogen) atoms. The minimum absolute atomic E-state index is 0.207. The first-order valence-electron chi connectivity index (χ1n) is 5.97. The molecule has 2 N–H and O–H groups in total. The number of halogens is 1. The zero-order chi connectivity index (χ0) is 13.2. The highest BCUT2D eigenvalue weighted by Gasteiger charge is 2.08. The molecule has 0 aliphatic carbocycles. The van der Waals surface area contributed by atoms with Gasteiger partial charge in [0.2, 0.25) is 0 Å². The number of hydrogen-bond acceptors (Lipinski definition) is 4. The Morgan fingerprint density at radius 2 is 2.05 bits per heavy atom. The quantitative estimate of drug-likeness (QED) is 0.783. The molecule has 0 atom stereocenters. The van der Waals surface area contributed by atoms with Crippen molar-refractivity contribution in [2.45, 2.75) is 12.8 Å². The molecular weight excluding hydrogens is 245 g/mol. The molecule has 5 heteroatoms. The number of oxazole rings is 1. The molecule has 0 saturated carbocycles. The maximum atomic E-state index is 13.5. The molecule has 3 rings (SSSR count). The molecule has 96 valence electrons. The van der Waals surface area contributed by atoms with Gasteiger partial charge in [0.25, 0.3) is 0 Å². The van der Waals surface area contributed by atoms with Crippen LogP contribution in [0.5, 0.6) is 0 Å². The zero-order valence-electron chi connectivity index (χ0n) is 10.1. The molecule has 0 fully saturated rings. The van der Waals surface area contributed by atoms with Gasteiger partial charge >= 0.3 is 0 Å². The fourth-order valence-electron chi connectivity index (χ4n) is 1.93. The summed E-state index contributed by atoms with van der Waals surface area (Å²) in [6, 6.07) is 8.37. The summed E-state index contributed by atoms with van der Waals surface area (Å²) in [5.41, 5.74) is 7.88. The predicted octanol–water partition coefficient (Wildman–Crippen LogP) is 2.73. The van der Waals surface area contributed by atoms with E-state index in [9.17, 15) is 4.39 Å². The number of nitrogens with zero attached hydrogens (tertiary/aromatic N) is 2. The first-order valence-corrected chi connectivity index (χ1v) is 5.97. The lowest BCUT2D eigenvalue weighted by Crippen LogP contribution is -1.94. The van der Waals surface area contributed by atoms with Crippen molar-refractivity contribution in [3.05, 3.63) is 53.8 Å². The van der Waals surface area contributed by atoms with Crippen LogP contribution in [0.15, 0.2) is 40.9 Å². The van der Waals surface area contributed by atoms with Crippen molar-refractivity contribution in [2.24, 2.45) is 0 Å². The van der Waals surface area contributed by atoms with E-state index in [1.807, 2.05) is 6.07 Å². The second-order valence-corrected chi connectivity index (χ2v) is 4.29. The van der Waals surface area contributed by atoms with Gasteiger partial charge in [-0.25, -0.2) is 9.37 Å². The third-order valence-corrected chi connectivity index (χ3v) is 2.88. The Bertz CT molecular complexity index is 724. The van der Waals surface area contributed by atoms with Gasteiger partial charge in [0, 0.05) is 12.5 Å². The summed E-state index contributed by atoms with van der Waals surface area (Å²) in [5, 5.41) is 0. The molecule has 0 saturated heterocycles. The summed E-state index contributed by atoms with van der Waals surface area (Å²) in [6.45, 7) is 0. The van der Waals surface area contributed by atoms with Gasteiger partial charge in [-0.2, -0.15) is 4.98 Å². The van der Waals surface area contributed by atoms with Gasteiger partial charge in [-0.15, -0.1) is 0 Å². The van der Waals surface area contributed by atoms with E-state index < -0.39 is 0 Å². The van der Waals surface area contributed by atoms with Crippen molar-refractivity contribution in [3.63, 3.8) is 0 Å². The van der Waals surface area contributed by atoms with E-state index in [4.69, 9.17) is 10.2 Å². The number of hydrogen-bond donors (Lipinski definition) is 1. The van der Waals surface area contributed by atoms with E-state index in [1.54, 1.807) is 18.2 Å². The van der Waals surface area contributed by atoms with Crippen LogP contribution in [0.1, 0.15) is 11.5 Å². The molecule has 0 unspecified atom stereocenters. The number of fused-ring (bicyclic) bond motifs is 1. The van der Waals surface area contributed by atoms with Crippen LogP contribution < -0.4 is 5.73 Å². The summed E-state index contributed by atoms with van der Waals surface area (Å²) in [6.07, 6.45) is 2.59. The monoisotopic (exact) mass is 257 g/mol. The van der Waals surface area contributed by atoms with E-state index in [0.717, 1.165) is 0 Å². The second kappa shape index (κ2) is 4.68. The summed E-state index contributed by atoms with van der Waals surface area (Å²) in [7, 11) is 0. The Hall–Kier alpha value is -2.43. The van der Waals surface area contributed by atoms with Gasteiger partial charge < -0.3 is 10.2 Å². The average Bonchev–Trinajstić information content (AvgIpc) is 2.79. The molecule has 1 aromatic carbocycles. The highest BCUT2D eigenvalue weighted by molar-refractivity contribution is 5.71. The van der Waals surface area contributed by atoms with Crippen LogP contribution in [0.2, 0.25) is 0 Å². The van der Waals surface area contributed by atoms with Crippen LogP contribution in [0.25, 0.3) is 11.2 Å². The largest absolute Gasteiger partial charge is 0.439 e. The van der Waals surface area contributed by atoms with Crippen LogP contribution in [0, 0.1) is 5.82 Å². The lowest BCUT2D eigenvalue weighted by molar-refractivity contribution is 0.523. The number of aryl methyl sites for hydroxylation is 2. The SMILES string of the molecule is Nc1cnc2nc(CCc3ccccc3F)oc2c1. The minimum Gasteiger partial charge on any atom is -0.439 e. The highest BCUT2D eigenvalue weighted by Crippen LogP contribution is 2.17. The molecule has 2 heterocycles. The lowest BCUT2D eigenvalue weighted by atomic mass is 10.1. The average molecular weight is 257 g/mol. The van der Waals surface area contributed by atoms with Crippen LogP contribution in [-0.2, 0) is 12.8 Å². The number of aromatic nitrogens is 2. The number of pyridine rings is 1. The van der Waals surface area contributed by atoms with Crippen molar-refractivity contribution in [2.75, 3.05) is 5.73 Å². The number of nitrogens with two attached hydrogens (primary N) is 1. The van der Waals surface area contributed by atoms with Crippen molar-refractivity contribution >= 4 is 16.9 Å². The number of anilines is 1. The number of nitrogen functional groups attached to an aromatic ring is 1. The first-order chi connectivity index (χ1) is 9.22. The molecule has 0 radical (unpaired) electrons.